The van der Waals surface area contributed by atoms with Gasteiger partial charge in [0, 0.05) is 37.0 Å². The van der Waals surface area contributed by atoms with Crippen molar-refractivity contribution in [3.63, 3.8) is 0 Å². The van der Waals surface area contributed by atoms with Gasteiger partial charge in [0.1, 0.15) is 0 Å². The first-order valence-corrected chi connectivity index (χ1v) is 14.0. The molecule has 0 aliphatic heterocycles. The Bertz CT molecular complexity index is 1020. The smallest absolute Gasteiger partial charge is 0.303 e. The summed E-state index contributed by atoms with van der Waals surface area (Å²) in [5.74, 6) is -0.867. The van der Waals surface area contributed by atoms with Crippen molar-refractivity contribution >= 4 is 27.3 Å². The Morgan fingerprint density at radius 3 is 2.59 bits per heavy atom. The molecule has 0 aliphatic rings. The molecule has 2 aromatic rings. The number of nitrogens with one attached hydrogen (secondary N) is 1. The first kappa shape index (κ1) is 28.5. The molecule has 1 aromatic heterocycles. The molecule has 0 fully saturated rings. The summed E-state index contributed by atoms with van der Waals surface area (Å²) in [5.41, 5.74) is 1.42. The van der Waals surface area contributed by atoms with E-state index in [2.05, 4.69) is 36.7 Å². The van der Waals surface area contributed by atoms with Gasteiger partial charge in [-0.3, -0.25) is 4.79 Å². The van der Waals surface area contributed by atoms with Crippen LogP contribution in [0, 0.1) is 6.92 Å². The predicted octanol–water partition coefficient (Wildman–Crippen LogP) is 3.84. The number of β-amino-alcohol motifs (C(OH)–C–C–N with tert-alkyl or cyclic N) is 1. The maximum absolute atomic E-state index is 13.1. The van der Waals surface area contributed by atoms with Gasteiger partial charge in [0.05, 0.1) is 11.0 Å². The Balaban J connectivity index is 1.89. The summed E-state index contributed by atoms with van der Waals surface area (Å²) >= 11 is 1.76. The lowest BCUT2D eigenvalue weighted by Crippen LogP contribution is -2.46. The highest BCUT2D eigenvalue weighted by molar-refractivity contribution is 7.89. The summed E-state index contributed by atoms with van der Waals surface area (Å²) in [6, 6.07) is 9.27. The van der Waals surface area contributed by atoms with E-state index in [4.69, 9.17) is 5.11 Å². The number of aryl methyl sites for hydroxylation is 3. The molecule has 7 nitrogen and oxygen atoms in total. The largest absolute Gasteiger partial charge is 0.481 e. The van der Waals surface area contributed by atoms with Crippen LogP contribution in [-0.4, -0.2) is 60.7 Å². The molecule has 0 saturated heterocycles. The van der Waals surface area contributed by atoms with E-state index in [0.717, 1.165) is 30.4 Å². The molecule has 1 atom stereocenters. The van der Waals surface area contributed by atoms with Gasteiger partial charge in [0.25, 0.3) is 0 Å². The molecule has 190 valence electrons. The van der Waals surface area contributed by atoms with Gasteiger partial charge < -0.3 is 15.5 Å². The van der Waals surface area contributed by atoms with Crippen LogP contribution < -0.4 is 5.32 Å². The Labute approximate surface area is 207 Å². The van der Waals surface area contributed by atoms with Crippen molar-refractivity contribution in [1.29, 1.82) is 0 Å². The van der Waals surface area contributed by atoms with Gasteiger partial charge in [-0.25, -0.2) is 8.42 Å². The molecule has 0 saturated carbocycles. The third-order valence-electron chi connectivity index (χ3n) is 5.76. The SMILES string of the molecule is Cc1cc(CCCC(=O)O)cc(S(=O)(=O)N(C)C[C@@H](O)CNC(C)(C)CCCc2cccs2)c1. The van der Waals surface area contributed by atoms with Crippen LogP contribution in [0.5, 0.6) is 0 Å². The summed E-state index contributed by atoms with van der Waals surface area (Å²) in [4.78, 5) is 12.3. The maximum atomic E-state index is 13.1. The number of thiophene rings is 1. The minimum atomic E-state index is -3.78. The third kappa shape index (κ3) is 9.46. The second-order valence-electron chi connectivity index (χ2n) is 9.54. The molecule has 1 aromatic carbocycles. The highest BCUT2D eigenvalue weighted by Crippen LogP contribution is 2.21. The zero-order valence-electron chi connectivity index (χ0n) is 20.6. The molecule has 2 rings (SSSR count). The van der Waals surface area contributed by atoms with E-state index in [1.807, 2.05) is 13.0 Å². The lowest BCUT2D eigenvalue weighted by Gasteiger charge is -2.29. The number of rotatable bonds is 15. The lowest BCUT2D eigenvalue weighted by molar-refractivity contribution is -0.137. The van der Waals surface area contributed by atoms with Crippen molar-refractivity contribution in [3.8, 4) is 0 Å². The molecule has 3 N–H and O–H groups in total. The first-order chi connectivity index (χ1) is 15.9. The molecule has 0 aliphatic carbocycles. The zero-order valence-corrected chi connectivity index (χ0v) is 22.2. The molecule has 0 spiro atoms. The number of aliphatic hydroxyl groups is 1. The molecule has 0 radical (unpaired) electrons. The number of carboxylic acid groups (broad SMARTS) is 1. The van der Waals surface area contributed by atoms with Gasteiger partial charge in [-0.2, -0.15) is 4.31 Å². The number of sulfonamides is 1. The summed E-state index contributed by atoms with van der Waals surface area (Å²) in [5, 5.41) is 24.8. The van der Waals surface area contributed by atoms with Crippen LogP contribution in [-0.2, 0) is 27.7 Å². The van der Waals surface area contributed by atoms with Gasteiger partial charge in [0.15, 0.2) is 0 Å². The van der Waals surface area contributed by atoms with Crippen molar-refractivity contribution in [3.05, 3.63) is 51.7 Å². The number of carboxylic acids is 1. The second-order valence-corrected chi connectivity index (χ2v) is 12.6. The van der Waals surface area contributed by atoms with E-state index in [0.29, 0.717) is 19.4 Å². The summed E-state index contributed by atoms with van der Waals surface area (Å²) in [6.45, 7) is 6.27. The van der Waals surface area contributed by atoms with Crippen molar-refractivity contribution in [2.24, 2.45) is 0 Å². The van der Waals surface area contributed by atoms with Crippen LogP contribution >= 0.6 is 11.3 Å². The number of likely N-dealkylation sites (N-methyl/N-ethyl adjacent to an activating group) is 1. The Hall–Kier alpha value is -1.78. The number of aliphatic hydroxyl groups excluding tert-OH is 1. The lowest BCUT2D eigenvalue weighted by atomic mass is 9.96. The van der Waals surface area contributed by atoms with E-state index < -0.39 is 22.1 Å². The van der Waals surface area contributed by atoms with Crippen molar-refractivity contribution in [2.45, 2.75) is 75.8 Å². The number of hydrogen-bond acceptors (Lipinski definition) is 6. The summed E-state index contributed by atoms with van der Waals surface area (Å²) < 4.78 is 27.4. The number of aliphatic carboxylic acids is 1. The van der Waals surface area contributed by atoms with Crippen LogP contribution in [0.1, 0.15) is 55.5 Å². The van der Waals surface area contributed by atoms with Crippen molar-refractivity contribution in [2.75, 3.05) is 20.1 Å². The van der Waals surface area contributed by atoms with Crippen LogP contribution in [0.25, 0.3) is 0 Å². The summed E-state index contributed by atoms with van der Waals surface area (Å²) in [7, 11) is -2.31. The van der Waals surface area contributed by atoms with Gasteiger partial charge in [-0.15, -0.1) is 11.3 Å². The first-order valence-electron chi connectivity index (χ1n) is 11.6. The molecular formula is C25H38N2O5S2. The number of benzene rings is 1. The highest BCUT2D eigenvalue weighted by Gasteiger charge is 2.25. The van der Waals surface area contributed by atoms with Crippen LogP contribution in [0.4, 0.5) is 0 Å². The van der Waals surface area contributed by atoms with E-state index >= 15 is 0 Å². The fourth-order valence-corrected chi connectivity index (χ4v) is 5.96. The normalized spacial score (nSPS) is 13.4. The van der Waals surface area contributed by atoms with Gasteiger partial charge in [0.2, 0.25) is 10.0 Å². The molecule has 34 heavy (non-hydrogen) atoms. The van der Waals surface area contributed by atoms with E-state index in [1.54, 1.807) is 23.5 Å². The predicted molar refractivity (Wildman–Crippen MR) is 137 cm³/mol. The minimum absolute atomic E-state index is 0.0249. The second kappa shape index (κ2) is 12.8. The molecular weight excluding hydrogens is 472 g/mol. The standard InChI is InChI=1S/C25H38N2O5S2/c1-19-14-20(8-5-11-24(29)30)16-23(15-19)34(31,32)27(4)18-21(28)17-26-25(2,3)12-6-9-22-10-7-13-33-22/h7,10,13-16,21,26,28H,5-6,8-9,11-12,17-18H2,1-4H3,(H,29,30)/t21-/m0/s1. The van der Waals surface area contributed by atoms with Crippen molar-refractivity contribution < 1.29 is 23.4 Å². The number of hydrogen-bond donors (Lipinski definition) is 3. The number of carbonyl (C=O) groups is 1. The zero-order chi connectivity index (χ0) is 25.4. The van der Waals surface area contributed by atoms with E-state index in [9.17, 15) is 18.3 Å². The van der Waals surface area contributed by atoms with Gasteiger partial charge in [-0.1, -0.05) is 12.1 Å². The molecule has 0 amide bonds. The average molecular weight is 511 g/mol. The Morgan fingerprint density at radius 2 is 1.94 bits per heavy atom. The quantitative estimate of drug-likeness (QED) is 0.336. The topological polar surface area (TPSA) is 107 Å². The minimum Gasteiger partial charge on any atom is -0.481 e. The Morgan fingerprint density at radius 1 is 1.21 bits per heavy atom. The molecule has 0 bridgehead atoms. The fraction of sp³-hybridized carbons (Fsp3) is 0.560. The van der Waals surface area contributed by atoms with E-state index in [1.165, 1.54) is 16.2 Å². The average Bonchev–Trinajstić information content (AvgIpc) is 3.25. The van der Waals surface area contributed by atoms with Crippen LogP contribution in [0.3, 0.4) is 0 Å². The maximum Gasteiger partial charge on any atom is 0.303 e. The third-order valence-corrected chi connectivity index (χ3v) is 8.50. The fourth-order valence-electron chi connectivity index (χ4n) is 3.84. The number of nitrogens with zero attached hydrogens (tertiary/aromatic N) is 1. The molecule has 9 heteroatoms. The monoisotopic (exact) mass is 510 g/mol. The molecule has 0 unspecified atom stereocenters. The molecule has 1 heterocycles. The van der Waals surface area contributed by atoms with Gasteiger partial charge >= 0.3 is 5.97 Å². The highest BCUT2D eigenvalue weighted by atomic mass is 32.2. The Kier molecular flexibility index (Phi) is 10.7. The van der Waals surface area contributed by atoms with Gasteiger partial charge in [-0.05, 0) is 87.6 Å². The van der Waals surface area contributed by atoms with E-state index in [-0.39, 0.29) is 23.4 Å². The van der Waals surface area contributed by atoms with Crippen LogP contribution in [0.15, 0.2) is 40.6 Å². The summed E-state index contributed by atoms with van der Waals surface area (Å²) in [6.07, 6.45) is 3.14. The van der Waals surface area contributed by atoms with Crippen LogP contribution in [0.2, 0.25) is 0 Å². The van der Waals surface area contributed by atoms with Crippen molar-refractivity contribution in [1.82, 2.24) is 9.62 Å².